The second-order valence-electron chi connectivity index (χ2n) is 4.58. The van der Waals surface area contributed by atoms with Crippen LogP contribution >= 0.6 is 0 Å². The van der Waals surface area contributed by atoms with Gasteiger partial charge in [-0.05, 0) is 45.0 Å². The highest BCUT2D eigenvalue weighted by Crippen LogP contribution is 2.20. The first-order valence-electron chi connectivity index (χ1n) is 6.57. The molecule has 1 aromatic carbocycles. The van der Waals surface area contributed by atoms with Crippen molar-refractivity contribution in [1.82, 2.24) is 9.78 Å². The first kappa shape index (κ1) is 14.1. The van der Waals surface area contributed by atoms with Gasteiger partial charge < -0.3 is 10.1 Å². The van der Waals surface area contributed by atoms with Crippen LogP contribution in [0.2, 0.25) is 0 Å². The van der Waals surface area contributed by atoms with E-state index in [9.17, 15) is 4.79 Å². The molecule has 0 bridgehead atoms. The number of hydrogen-bond donors (Lipinski definition) is 1. The summed E-state index contributed by atoms with van der Waals surface area (Å²) in [6.45, 7) is 6.34. The molecule has 0 atom stereocenters. The number of carbonyl (C=O) groups is 1. The smallest absolute Gasteiger partial charge is 0.255 e. The van der Waals surface area contributed by atoms with Crippen LogP contribution in [-0.2, 0) is 7.05 Å². The van der Waals surface area contributed by atoms with Crippen LogP contribution in [-0.4, -0.2) is 22.3 Å². The zero-order valence-corrected chi connectivity index (χ0v) is 12.2. The summed E-state index contributed by atoms with van der Waals surface area (Å²) in [5.74, 6) is 0.616. The van der Waals surface area contributed by atoms with Crippen LogP contribution in [0.4, 0.5) is 5.69 Å². The average Bonchev–Trinajstić information content (AvgIpc) is 2.66. The molecule has 0 aliphatic carbocycles. The quantitative estimate of drug-likeness (QED) is 0.931. The molecule has 106 valence electrons. The van der Waals surface area contributed by atoms with Gasteiger partial charge in [-0.15, -0.1) is 0 Å². The second-order valence-corrected chi connectivity index (χ2v) is 4.58. The van der Waals surface area contributed by atoms with Crippen LogP contribution in [0, 0.1) is 13.8 Å². The zero-order chi connectivity index (χ0) is 14.7. The third kappa shape index (κ3) is 2.82. The van der Waals surface area contributed by atoms with Crippen LogP contribution in [0.1, 0.15) is 28.7 Å². The number of benzene rings is 1. The number of anilines is 1. The summed E-state index contributed by atoms with van der Waals surface area (Å²) in [5.41, 5.74) is 3.11. The normalized spacial score (nSPS) is 10.4. The molecule has 0 saturated heterocycles. The largest absolute Gasteiger partial charge is 0.494 e. The van der Waals surface area contributed by atoms with Gasteiger partial charge in [-0.1, -0.05) is 0 Å². The van der Waals surface area contributed by atoms with Gasteiger partial charge in [0.1, 0.15) is 5.75 Å². The average molecular weight is 273 g/mol. The lowest BCUT2D eigenvalue weighted by molar-refractivity contribution is 0.102. The number of carbonyl (C=O) groups excluding carboxylic acids is 1. The molecule has 0 aliphatic rings. The maximum Gasteiger partial charge on any atom is 0.255 e. The van der Waals surface area contributed by atoms with Crippen molar-refractivity contribution in [2.45, 2.75) is 20.8 Å². The van der Waals surface area contributed by atoms with E-state index in [2.05, 4.69) is 10.4 Å². The fourth-order valence-electron chi connectivity index (χ4n) is 2.01. The molecule has 0 unspecified atom stereocenters. The molecule has 1 aromatic heterocycles. The van der Waals surface area contributed by atoms with E-state index in [-0.39, 0.29) is 5.91 Å². The lowest BCUT2D eigenvalue weighted by atomic mass is 10.2. The molecule has 1 N–H and O–H groups in total. The minimum absolute atomic E-state index is 0.146. The van der Waals surface area contributed by atoms with Crippen molar-refractivity contribution in [2.75, 3.05) is 11.9 Å². The number of nitrogens with one attached hydrogen (secondary N) is 1. The molecule has 0 fully saturated rings. The molecule has 0 aliphatic heterocycles. The Morgan fingerprint density at radius 1 is 1.30 bits per heavy atom. The Hall–Kier alpha value is -2.30. The highest BCUT2D eigenvalue weighted by atomic mass is 16.5. The second kappa shape index (κ2) is 5.77. The van der Waals surface area contributed by atoms with Crippen molar-refractivity contribution in [3.8, 4) is 5.75 Å². The van der Waals surface area contributed by atoms with E-state index in [1.165, 1.54) is 0 Å². The summed E-state index contributed by atoms with van der Waals surface area (Å²) in [5, 5.41) is 7.18. The maximum atomic E-state index is 12.2. The fraction of sp³-hybridized carbons (Fsp3) is 0.333. The summed E-state index contributed by atoms with van der Waals surface area (Å²) in [4.78, 5) is 12.2. The third-order valence-electron chi connectivity index (χ3n) is 3.18. The van der Waals surface area contributed by atoms with Crippen molar-refractivity contribution >= 4 is 11.6 Å². The first-order chi connectivity index (χ1) is 9.52. The number of aryl methyl sites for hydroxylation is 2. The molecule has 5 nitrogen and oxygen atoms in total. The Balaban J connectivity index is 2.15. The Morgan fingerprint density at radius 2 is 1.95 bits per heavy atom. The number of ether oxygens (including phenoxy) is 1. The van der Waals surface area contributed by atoms with E-state index >= 15 is 0 Å². The predicted molar refractivity (Wildman–Crippen MR) is 78.2 cm³/mol. The molecule has 5 heteroatoms. The molecule has 20 heavy (non-hydrogen) atoms. The van der Waals surface area contributed by atoms with Crippen molar-refractivity contribution in [3.05, 3.63) is 41.2 Å². The minimum atomic E-state index is -0.146. The first-order valence-corrected chi connectivity index (χ1v) is 6.57. The lowest BCUT2D eigenvalue weighted by Crippen LogP contribution is -2.13. The van der Waals surface area contributed by atoms with Crippen LogP contribution in [0.25, 0.3) is 0 Å². The summed E-state index contributed by atoms with van der Waals surface area (Å²) in [6, 6.07) is 7.09. The molecule has 2 aromatic rings. The van der Waals surface area contributed by atoms with Crippen LogP contribution < -0.4 is 10.1 Å². The van der Waals surface area contributed by atoms with Gasteiger partial charge in [0.05, 0.1) is 23.7 Å². The van der Waals surface area contributed by atoms with Gasteiger partial charge in [0, 0.05) is 12.6 Å². The van der Waals surface area contributed by atoms with Gasteiger partial charge in [0.25, 0.3) is 5.91 Å². The molecule has 2 rings (SSSR count). The van der Waals surface area contributed by atoms with E-state index < -0.39 is 0 Å². The van der Waals surface area contributed by atoms with Gasteiger partial charge in [-0.3, -0.25) is 9.48 Å². The number of hydrogen-bond acceptors (Lipinski definition) is 3. The predicted octanol–water partition coefficient (Wildman–Crippen LogP) is 2.69. The fourth-order valence-corrected chi connectivity index (χ4v) is 2.01. The van der Waals surface area contributed by atoms with Gasteiger partial charge in [0.2, 0.25) is 0 Å². The lowest BCUT2D eigenvalue weighted by Gasteiger charge is -2.07. The van der Waals surface area contributed by atoms with Crippen LogP contribution in [0.3, 0.4) is 0 Å². The van der Waals surface area contributed by atoms with E-state index in [4.69, 9.17) is 4.74 Å². The van der Waals surface area contributed by atoms with Crippen molar-refractivity contribution in [2.24, 2.45) is 7.05 Å². The van der Waals surface area contributed by atoms with Crippen LogP contribution in [0.15, 0.2) is 24.3 Å². The van der Waals surface area contributed by atoms with E-state index in [0.717, 1.165) is 22.8 Å². The van der Waals surface area contributed by atoms with E-state index in [1.54, 1.807) is 28.9 Å². The summed E-state index contributed by atoms with van der Waals surface area (Å²) < 4.78 is 7.11. The molecular weight excluding hydrogens is 254 g/mol. The molecule has 0 saturated carbocycles. The SMILES string of the molecule is CCOc1ccc(C(=O)Nc2c(C)nn(C)c2C)cc1. The number of aromatic nitrogens is 2. The van der Waals surface area contributed by atoms with Gasteiger partial charge >= 0.3 is 0 Å². The molecule has 0 radical (unpaired) electrons. The summed E-state index contributed by atoms with van der Waals surface area (Å²) in [6.07, 6.45) is 0. The van der Waals surface area contributed by atoms with Crippen LogP contribution in [0.5, 0.6) is 5.75 Å². The zero-order valence-electron chi connectivity index (χ0n) is 12.2. The molecule has 1 amide bonds. The standard InChI is InChI=1S/C15H19N3O2/c1-5-20-13-8-6-12(7-9-13)15(19)16-14-10(2)17-18(4)11(14)3/h6-9H,5H2,1-4H3,(H,16,19). The molecular formula is C15H19N3O2. The number of rotatable bonds is 4. The Labute approximate surface area is 118 Å². The molecule has 0 spiro atoms. The van der Waals surface area contributed by atoms with Crippen molar-refractivity contribution in [3.63, 3.8) is 0 Å². The highest BCUT2D eigenvalue weighted by Gasteiger charge is 2.13. The topological polar surface area (TPSA) is 56.1 Å². The van der Waals surface area contributed by atoms with E-state index in [0.29, 0.717) is 12.2 Å². The van der Waals surface area contributed by atoms with Gasteiger partial charge in [0.15, 0.2) is 0 Å². The maximum absolute atomic E-state index is 12.2. The monoisotopic (exact) mass is 273 g/mol. The minimum Gasteiger partial charge on any atom is -0.494 e. The number of nitrogens with zero attached hydrogens (tertiary/aromatic N) is 2. The Bertz CT molecular complexity index is 615. The van der Waals surface area contributed by atoms with E-state index in [1.807, 2.05) is 27.8 Å². The Morgan fingerprint density at radius 3 is 2.45 bits per heavy atom. The van der Waals surface area contributed by atoms with Crippen molar-refractivity contribution < 1.29 is 9.53 Å². The third-order valence-corrected chi connectivity index (χ3v) is 3.18. The number of amides is 1. The van der Waals surface area contributed by atoms with Gasteiger partial charge in [-0.2, -0.15) is 5.10 Å². The Kier molecular flexibility index (Phi) is 4.08. The summed E-state index contributed by atoms with van der Waals surface area (Å²) in [7, 11) is 1.86. The highest BCUT2D eigenvalue weighted by molar-refractivity contribution is 6.04. The van der Waals surface area contributed by atoms with Crippen molar-refractivity contribution in [1.29, 1.82) is 0 Å². The summed E-state index contributed by atoms with van der Waals surface area (Å²) >= 11 is 0. The molecule has 1 heterocycles. The van der Waals surface area contributed by atoms with Gasteiger partial charge in [-0.25, -0.2) is 0 Å².